The Bertz CT molecular complexity index is 635. The third kappa shape index (κ3) is 2.14. The lowest BCUT2D eigenvalue weighted by Crippen LogP contribution is -2.45. The zero-order chi connectivity index (χ0) is 15.0. The summed E-state index contributed by atoms with van der Waals surface area (Å²) in [6.45, 7) is -0.595. The molecule has 10 heteroatoms. The van der Waals surface area contributed by atoms with Gasteiger partial charge in [0, 0.05) is 12.3 Å². The van der Waals surface area contributed by atoms with Crippen LogP contribution in [0.2, 0.25) is 0 Å². The third-order valence-corrected chi connectivity index (χ3v) is 2.99. The summed E-state index contributed by atoms with van der Waals surface area (Å²) < 4.78 is 5.69. The van der Waals surface area contributed by atoms with Crippen molar-refractivity contribution in [2.75, 3.05) is 6.61 Å². The maximum absolute atomic E-state index is 11.9. The molecule has 1 aromatic rings. The molecule has 0 radical (unpaired) electrons. The van der Waals surface area contributed by atoms with Crippen molar-refractivity contribution in [2.24, 2.45) is 0 Å². The highest BCUT2D eigenvalue weighted by molar-refractivity contribution is 5.67. The van der Waals surface area contributed by atoms with Crippen LogP contribution in [0.15, 0.2) is 21.9 Å². The Labute approximate surface area is 110 Å². The minimum absolute atomic E-state index is 0.0608. The second kappa shape index (κ2) is 5.17. The monoisotopic (exact) mass is 288 g/mol. The normalized spacial score (nSPS) is 29.6. The number of rotatable bonds is 2. The van der Waals surface area contributed by atoms with Gasteiger partial charge >= 0.3 is 11.8 Å². The molecule has 10 nitrogen and oxygen atoms in total. The first-order valence-electron chi connectivity index (χ1n) is 5.58. The lowest BCUT2D eigenvalue weighted by Gasteiger charge is -2.17. The van der Waals surface area contributed by atoms with Gasteiger partial charge in [-0.2, -0.15) is 4.57 Å². The van der Waals surface area contributed by atoms with E-state index in [1.807, 2.05) is 0 Å². The maximum atomic E-state index is 11.9. The van der Waals surface area contributed by atoms with Crippen LogP contribution in [0, 0.1) is 0 Å². The molecule has 0 aliphatic carbocycles. The van der Waals surface area contributed by atoms with E-state index in [1.54, 1.807) is 0 Å². The van der Waals surface area contributed by atoms with Gasteiger partial charge in [-0.15, -0.1) is 0 Å². The van der Waals surface area contributed by atoms with E-state index in [-0.39, 0.29) is 4.57 Å². The van der Waals surface area contributed by atoms with Crippen LogP contribution in [0.25, 0.3) is 0 Å². The topological polar surface area (TPSA) is 151 Å². The predicted octanol–water partition coefficient (Wildman–Crippen LogP) is -2.85. The summed E-state index contributed by atoms with van der Waals surface area (Å²) in [6, 6.07) is 0.810. The summed E-state index contributed by atoms with van der Waals surface area (Å²) in [5, 5.41) is 37.1. The predicted molar refractivity (Wildman–Crippen MR) is 61.4 cm³/mol. The highest BCUT2D eigenvalue weighted by Crippen LogP contribution is 2.27. The van der Waals surface area contributed by atoms with Gasteiger partial charge in [0.1, 0.15) is 18.3 Å². The van der Waals surface area contributed by atoms with E-state index in [2.05, 4.69) is 0 Å². The molecule has 1 saturated heterocycles. The molecular weight excluding hydrogens is 276 g/mol. The van der Waals surface area contributed by atoms with Crippen LogP contribution in [0.5, 0.6) is 0 Å². The van der Waals surface area contributed by atoms with Gasteiger partial charge in [0.05, 0.1) is 6.61 Å². The fraction of sp³-hybridized carbons (Fsp3) is 0.500. The summed E-state index contributed by atoms with van der Waals surface area (Å²) in [5.74, 6) is 0. The molecule has 4 atom stereocenters. The van der Waals surface area contributed by atoms with Gasteiger partial charge in [-0.25, -0.2) is 9.59 Å². The third-order valence-electron chi connectivity index (χ3n) is 2.99. The van der Waals surface area contributed by atoms with Crippen LogP contribution in [0.1, 0.15) is 6.23 Å². The molecule has 0 spiro atoms. The van der Waals surface area contributed by atoms with Gasteiger partial charge < -0.3 is 25.2 Å². The number of hydrogen-bond donors (Lipinski definition) is 4. The number of aliphatic hydroxyl groups is 3. The van der Waals surface area contributed by atoms with Gasteiger partial charge in [-0.3, -0.25) is 9.36 Å². The average Bonchev–Trinajstić information content (AvgIpc) is 2.66. The molecule has 0 saturated carbocycles. The number of carboxylic acid groups (broad SMARTS) is 1. The number of aliphatic hydroxyl groups excluding tert-OH is 3. The molecule has 2 heterocycles. The maximum Gasteiger partial charge on any atom is 0.422 e. The Morgan fingerprint density at radius 2 is 1.95 bits per heavy atom. The number of ether oxygens (including phenoxy) is 1. The van der Waals surface area contributed by atoms with E-state index in [4.69, 9.17) is 14.9 Å². The first kappa shape index (κ1) is 14.4. The molecule has 0 amide bonds. The van der Waals surface area contributed by atoms with Crippen LogP contribution < -0.4 is 11.2 Å². The summed E-state index contributed by atoms with van der Waals surface area (Å²) in [5.41, 5.74) is -2.29. The molecule has 1 aromatic heterocycles. The summed E-state index contributed by atoms with van der Waals surface area (Å²) in [6.07, 6.45) is -6.34. The fourth-order valence-electron chi connectivity index (χ4n) is 1.97. The zero-order valence-corrected chi connectivity index (χ0v) is 9.99. The number of hydrogen-bond acceptors (Lipinski definition) is 7. The zero-order valence-electron chi connectivity index (χ0n) is 9.99. The van der Waals surface area contributed by atoms with Crippen LogP contribution in [0.3, 0.4) is 0 Å². The van der Waals surface area contributed by atoms with Crippen molar-refractivity contribution in [3.05, 3.63) is 33.1 Å². The molecule has 1 fully saturated rings. The minimum Gasteiger partial charge on any atom is -0.464 e. The summed E-state index contributed by atoms with van der Waals surface area (Å²) >= 11 is 0. The van der Waals surface area contributed by atoms with Crippen LogP contribution in [-0.4, -0.2) is 60.6 Å². The SMILES string of the molecule is O=C(O)n1c(=O)ccn([C@@H]2O[C@H](CO)[C@@H](O)[C@H]2O)c1=O. The largest absolute Gasteiger partial charge is 0.464 e. The highest BCUT2D eigenvalue weighted by atomic mass is 16.6. The molecule has 0 bridgehead atoms. The van der Waals surface area contributed by atoms with E-state index in [0.29, 0.717) is 4.57 Å². The molecule has 4 N–H and O–H groups in total. The Morgan fingerprint density at radius 3 is 2.45 bits per heavy atom. The lowest BCUT2D eigenvalue weighted by atomic mass is 10.1. The molecule has 0 aromatic carbocycles. The number of carbonyl (C=O) groups is 1. The van der Waals surface area contributed by atoms with Crippen LogP contribution in [-0.2, 0) is 4.74 Å². The van der Waals surface area contributed by atoms with Crippen molar-refractivity contribution < 1.29 is 30.0 Å². The fourth-order valence-corrected chi connectivity index (χ4v) is 1.97. The lowest BCUT2D eigenvalue weighted by molar-refractivity contribution is -0.0554. The second-order valence-corrected chi connectivity index (χ2v) is 4.19. The number of aromatic nitrogens is 2. The molecule has 0 unspecified atom stereocenters. The van der Waals surface area contributed by atoms with E-state index < -0.39 is 48.5 Å². The molecule has 110 valence electrons. The second-order valence-electron chi connectivity index (χ2n) is 4.19. The minimum atomic E-state index is -1.78. The smallest absolute Gasteiger partial charge is 0.422 e. The van der Waals surface area contributed by atoms with Crippen molar-refractivity contribution in [1.29, 1.82) is 0 Å². The van der Waals surface area contributed by atoms with Gasteiger partial charge in [0.15, 0.2) is 6.23 Å². The van der Waals surface area contributed by atoms with Crippen LogP contribution >= 0.6 is 0 Å². The van der Waals surface area contributed by atoms with Gasteiger partial charge in [0.25, 0.3) is 5.56 Å². The first-order valence-corrected chi connectivity index (χ1v) is 5.58. The van der Waals surface area contributed by atoms with Crippen LogP contribution in [0.4, 0.5) is 4.79 Å². The van der Waals surface area contributed by atoms with Gasteiger partial charge in [-0.1, -0.05) is 0 Å². The average molecular weight is 288 g/mol. The summed E-state index contributed by atoms with van der Waals surface area (Å²) in [7, 11) is 0. The quantitative estimate of drug-likeness (QED) is 0.454. The van der Waals surface area contributed by atoms with E-state index in [0.717, 1.165) is 12.3 Å². The van der Waals surface area contributed by atoms with Gasteiger partial charge in [0.2, 0.25) is 0 Å². The van der Waals surface area contributed by atoms with Crippen molar-refractivity contribution in [3.63, 3.8) is 0 Å². The molecule has 2 rings (SSSR count). The first-order chi connectivity index (χ1) is 9.38. The Balaban J connectivity index is 2.50. The van der Waals surface area contributed by atoms with Crippen molar-refractivity contribution in [1.82, 2.24) is 9.13 Å². The van der Waals surface area contributed by atoms with Crippen molar-refractivity contribution >= 4 is 6.09 Å². The molecule has 1 aliphatic heterocycles. The Kier molecular flexibility index (Phi) is 3.72. The standard InChI is InChI=1S/C10H12N2O8/c13-3-4-6(15)7(16)8(20-4)11-2-1-5(14)12(9(11)17)10(18)19/h1-2,4,6-8,13,15-16H,3H2,(H,18,19)/t4-,6-,7-,8-/m1/s1. The Hall–Kier alpha value is -2.01. The molecule has 1 aliphatic rings. The van der Waals surface area contributed by atoms with Crippen molar-refractivity contribution in [2.45, 2.75) is 24.5 Å². The molecule has 20 heavy (non-hydrogen) atoms. The van der Waals surface area contributed by atoms with E-state index in [1.165, 1.54) is 0 Å². The highest BCUT2D eigenvalue weighted by Gasteiger charge is 2.44. The molecular formula is C10H12N2O8. The van der Waals surface area contributed by atoms with Crippen molar-refractivity contribution in [3.8, 4) is 0 Å². The van der Waals surface area contributed by atoms with E-state index >= 15 is 0 Å². The Morgan fingerprint density at radius 1 is 1.30 bits per heavy atom. The summed E-state index contributed by atoms with van der Waals surface area (Å²) in [4.78, 5) is 34.0. The number of nitrogens with zero attached hydrogens (tertiary/aromatic N) is 2. The van der Waals surface area contributed by atoms with Gasteiger partial charge in [-0.05, 0) is 0 Å². The van der Waals surface area contributed by atoms with E-state index in [9.17, 15) is 24.6 Å².